The molecular formula is C24H26N2O3S. The van der Waals surface area contributed by atoms with Crippen molar-refractivity contribution in [1.29, 1.82) is 0 Å². The molecule has 3 rings (SSSR count). The van der Waals surface area contributed by atoms with Crippen molar-refractivity contribution in [2.75, 3.05) is 33.2 Å². The van der Waals surface area contributed by atoms with Crippen molar-refractivity contribution in [3.8, 4) is 28.4 Å². The van der Waals surface area contributed by atoms with E-state index < -0.39 is 0 Å². The van der Waals surface area contributed by atoms with Crippen molar-refractivity contribution >= 4 is 23.0 Å². The second-order valence-corrected chi connectivity index (χ2v) is 6.97. The lowest BCUT2D eigenvalue weighted by molar-refractivity contribution is 0.351. The van der Waals surface area contributed by atoms with E-state index in [9.17, 15) is 0 Å². The smallest absolute Gasteiger partial charge is 0.170 e. The zero-order valence-corrected chi connectivity index (χ0v) is 18.2. The summed E-state index contributed by atoms with van der Waals surface area (Å²) in [6.07, 6.45) is 0.739. The molecule has 0 aliphatic carbocycles. The van der Waals surface area contributed by atoms with E-state index >= 15 is 0 Å². The molecule has 0 aromatic heterocycles. The zero-order chi connectivity index (χ0) is 21.3. The van der Waals surface area contributed by atoms with Gasteiger partial charge in [-0.25, -0.2) is 0 Å². The molecule has 3 aromatic carbocycles. The van der Waals surface area contributed by atoms with Crippen molar-refractivity contribution in [2.45, 2.75) is 6.42 Å². The molecule has 0 heterocycles. The van der Waals surface area contributed by atoms with E-state index in [0.717, 1.165) is 46.0 Å². The molecule has 0 aliphatic heterocycles. The standard InChI is InChI=1S/C24H26N2O3S/c1-27-21-13-12-19(17-8-5-4-6-9-17)16-20(21)26-24(30)25-15-14-18-10-7-11-22(28-2)23(18)29-3/h4-13,16H,14-15H2,1-3H3,(H2,25,26,30). The van der Waals surface area contributed by atoms with Crippen LogP contribution in [0, 0.1) is 0 Å². The minimum atomic E-state index is 0.528. The highest BCUT2D eigenvalue weighted by Gasteiger charge is 2.10. The molecule has 0 bridgehead atoms. The van der Waals surface area contributed by atoms with Gasteiger partial charge in [0, 0.05) is 6.54 Å². The monoisotopic (exact) mass is 422 g/mol. The fourth-order valence-corrected chi connectivity index (χ4v) is 3.46. The second-order valence-electron chi connectivity index (χ2n) is 6.56. The predicted molar refractivity (Wildman–Crippen MR) is 126 cm³/mol. The van der Waals surface area contributed by atoms with Crippen molar-refractivity contribution in [2.24, 2.45) is 0 Å². The van der Waals surface area contributed by atoms with Crippen LogP contribution in [0.1, 0.15) is 5.56 Å². The van der Waals surface area contributed by atoms with Gasteiger partial charge >= 0.3 is 0 Å². The Kier molecular flexibility index (Phi) is 7.51. The number of para-hydroxylation sites is 1. The van der Waals surface area contributed by atoms with Gasteiger partial charge in [0.25, 0.3) is 0 Å². The number of hydrogen-bond acceptors (Lipinski definition) is 4. The molecule has 156 valence electrons. The molecular weight excluding hydrogens is 396 g/mol. The molecule has 0 atom stereocenters. The van der Waals surface area contributed by atoms with Crippen LogP contribution in [-0.2, 0) is 6.42 Å². The maximum atomic E-state index is 5.50. The van der Waals surface area contributed by atoms with Gasteiger partial charge in [0.1, 0.15) is 5.75 Å². The Labute approximate surface area is 183 Å². The fraction of sp³-hybridized carbons (Fsp3) is 0.208. The summed E-state index contributed by atoms with van der Waals surface area (Å²) in [5.74, 6) is 2.20. The first-order valence-electron chi connectivity index (χ1n) is 9.64. The van der Waals surface area contributed by atoms with E-state index in [0.29, 0.717) is 11.7 Å². The molecule has 6 heteroatoms. The van der Waals surface area contributed by atoms with E-state index in [1.807, 2.05) is 54.6 Å². The van der Waals surface area contributed by atoms with E-state index in [1.165, 1.54) is 0 Å². The fourth-order valence-electron chi connectivity index (χ4n) is 3.24. The maximum Gasteiger partial charge on any atom is 0.170 e. The van der Waals surface area contributed by atoms with Gasteiger partial charge in [-0.15, -0.1) is 0 Å². The van der Waals surface area contributed by atoms with Gasteiger partial charge in [0.2, 0.25) is 0 Å². The number of methoxy groups -OCH3 is 3. The van der Waals surface area contributed by atoms with Crippen LogP contribution < -0.4 is 24.8 Å². The SMILES string of the molecule is COc1ccc(-c2ccccc2)cc1NC(=S)NCCc1cccc(OC)c1OC. The van der Waals surface area contributed by atoms with Crippen LogP contribution in [0.4, 0.5) is 5.69 Å². The van der Waals surface area contributed by atoms with E-state index in [2.05, 4.69) is 22.8 Å². The molecule has 5 nitrogen and oxygen atoms in total. The Bertz CT molecular complexity index is 993. The quantitative estimate of drug-likeness (QED) is 0.503. The maximum absolute atomic E-state index is 5.50. The largest absolute Gasteiger partial charge is 0.495 e. The summed E-state index contributed by atoms with van der Waals surface area (Å²) in [6, 6.07) is 22.0. The molecule has 3 aromatic rings. The predicted octanol–water partition coefficient (Wildman–Crippen LogP) is 4.91. The molecule has 0 saturated heterocycles. The first kappa shape index (κ1) is 21.5. The lowest BCUT2D eigenvalue weighted by atomic mass is 10.0. The Morgan fingerprint density at radius 2 is 1.57 bits per heavy atom. The first-order chi connectivity index (χ1) is 14.7. The molecule has 0 saturated carbocycles. The van der Waals surface area contributed by atoms with Crippen LogP contribution in [0.15, 0.2) is 66.7 Å². The number of thiocarbonyl (C=S) groups is 1. The number of anilines is 1. The number of rotatable bonds is 8. The van der Waals surface area contributed by atoms with Crippen LogP contribution in [0.3, 0.4) is 0 Å². The highest BCUT2D eigenvalue weighted by molar-refractivity contribution is 7.80. The van der Waals surface area contributed by atoms with Crippen molar-refractivity contribution in [3.05, 3.63) is 72.3 Å². The first-order valence-corrected chi connectivity index (χ1v) is 10.0. The summed E-state index contributed by atoms with van der Waals surface area (Å²) < 4.78 is 16.3. The zero-order valence-electron chi connectivity index (χ0n) is 17.4. The van der Waals surface area contributed by atoms with E-state index in [4.69, 9.17) is 26.4 Å². The Balaban J connectivity index is 1.65. The average Bonchev–Trinajstić information content (AvgIpc) is 2.79. The molecule has 2 N–H and O–H groups in total. The summed E-state index contributed by atoms with van der Waals surface area (Å²) >= 11 is 5.50. The van der Waals surface area contributed by atoms with Crippen LogP contribution >= 0.6 is 12.2 Å². The summed E-state index contributed by atoms with van der Waals surface area (Å²) in [6.45, 7) is 0.649. The third kappa shape index (κ3) is 5.21. The molecule has 30 heavy (non-hydrogen) atoms. The van der Waals surface area contributed by atoms with Crippen molar-refractivity contribution in [1.82, 2.24) is 5.32 Å². The lowest BCUT2D eigenvalue weighted by Crippen LogP contribution is -2.30. The third-order valence-electron chi connectivity index (χ3n) is 4.72. The number of ether oxygens (including phenoxy) is 3. The normalized spacial score (nSPS) is 10.2. The molecule has 0 spiro atoms. The molecule has 0 aliphatic rings. The van der Waals surface area contributed by atoms with Crippen molar-refractivity contribution < 1.29 is 14.2 Å². The molecule has 0 fully saturated rings. The molecule has 0 radical (unpaired) electrons. The van der Waals surface area contributed by atoms with E-state index in [1.54, 1.807) is 21.3 Å². The molecule has 0 unspecified atom stereocenters. The average molecular weight is 423 g/mol. The van der Waals surface area contributed by atoms with Crippen molar-refractivity contribution in [3.63, 3.8) is 0 Å². The number of benzene rings is 3. The minimum absolute atomic E-state index is 0.528. The van der Waals surface area contributed by atoms with Crippen LogP contribution in [0.25, 0.3) is 11.1 Å². The summed E-state index contributed by atoms with van der Waals surface area (Å²) in [5, 5.41) is 7.02. The van der Waals surface area contributed by atoms with Gasteiger partial charge in [-0.3, -0.25) is 0 Å². The summed E-state index contributed by atoms with van der Waals surface area (Å²) in [7, 11) is 4.93. The number of nitrogens with one attached hydrogen (secondary N) is 2. The van der Waals surface area contributed by atoms with Gasteiger partial charge in [-0.1, -0.05) is 48.5 Å². The van der Waals surface area contributed by atoms with Gasteiger partial charge < -0.3 is 24.8 Å². The van der Waals surface area contributed by atoms with Crippen LogP contribution in [-0.4, -0.2) is 33.0 Å². The summed E-state index contributed by atoms with van der Waals surface area (Å²) in [5.41, 5.74) is 4.08. The highest BCUT2D eigenvalue weighted by atomic mass is 32.1. The minimum Gasteiger partial charge on any atom is -0.495 e. The second kappa shape index (κ2) is 10.5. The Morgan fingerprint density at radius 3 is 2.27 bits per heavy atom. The molecule has 0 amide bonds. The van der Waals surface area contributed by atoms with Gasteiger partial charge in [0.15, 0.2) is 16.6 Å². The Hall–Kier alpha value is -3.25. The number of hydrogen-bond donors (Lipinski definition) is 2. The van der Waals surface area contributed by atoms with Crippen LogP contribution in [0.2, 0.25) is 0 Å². The topological polar surface area (TPSA) is 51.8 Å². The van der Waals surface area contributed by atoms with E-state index in [-0.39, 0.29) is 0 Å². The van der Waals surface area contributed by atoms with Gasteiger partial charge in [0.05, 0.1) is 27.0 Å². The Morgan fingerprint density at radius 1 is 0.800 bits per heavy atom. The van der Waals surface area contributed by atoms with Crippen LogP contribution in [0.5, 0.6) is 17.2 Å². The van der Waals surface area contributed by atoms with Gasteiger partial charge in [-0.2, -0.15) is 0 Å². The lowest BCUT2D eigenvalue weighted by Gasteiger charge is -2.16. The summed E-state index contributed by atoms with van der Waals surface area (Å²) in [4.78, 5) is 0. The van der Waals surface area contributed by atoms with Gasteiger partial charge in [-0.05, 0) is 53.5 Å². The third-order valence-corrected chi connectivity index (χ3v) is 4.97. The highest BCUT2D eigenvalue weighted by Crippen LogP contribution is 2.31.